The fourth-order valence-corrected chi connectivity index (χ4v) is 5.53. The molecule has 3 heterocycles. The van der Waals surface area contributed by atoms with Crippen molar-refractivity contribution in [3.05, 3.63) is 64.7 Å². The lowest BCUT2D eigenvalue weighted by Gasteiger charge is -2.44. The van der Waals surface area contributed by atoms with E-state index in [1.54, 1.807) is 7.11 Å². The Morgan fingerprint density at radius 2 is 2.06 bits per heavy atom. The lowest BCUT2D eigenvalue weighted by atomic mass is 9.92. The van der Waals surface area contributed by atoms with Crippen LogP contribution in [0.15, 0.2) is 42.4 Å². The van der Waals surface area contributed by atoms with Crippen LogP contribution in [-0.2, 0) is 17.6 Å². The van der Waals surface area contributed by atoms with Gasteiger partial charge >= 0.3 is 0 Å². The highest BCUT2D eigenvalue weighted by Crippen LogP contribution is 2.49. The second-order valence-corrected chi connectivity index (χ2v) is 10.3. The molecule has 36 heavy (non-hydrogen) atoms. The van der Waals surface area contributed by atoms with Gasteiger partial charge in [0.05, 0.1) is 19.3 Å². The molecule has 1 unspecified atom stereocenters. The first kappa shape index (κ1) is 24.9. The number of nitrogens with zero attached hydrogens (tertiary/aromatic N) is 2. The van der Waals surface area contributed by atoms with Crippen LogP contribution in [0, 0.1) is 0 Å². The van der Waals surface area contributed by atoms with E-state index in [-0.39, 0.29) is 17.9 Å². The Morgan fingerprint density at radius 1 is 1.19 bits per heavy atom. The van der Waals surface area contributed by atoms with Crippen LogP contribution in [0.4, 0.5) is 5.82 Å². The van der Waals surface area contributed by atoms with E-state index < -0.39 is 0 Å². The van der Waals surface area contributed by atoms with Crippen molar-refractivity contribution in [3.8, 4) is 5.75 Å². The Bertz CT molecular complexity index is 1060. The summed E-state index contributed by atoms with van der Waals surface area (Å²) in [6.45, 7) is 3.24. The van der Waals surface area contributed by atoms with Gasteiger partial charge in [-0.2, -0.15) is 0 Å². The van der Waals surface area contributed by atoms with Gasteiger partial charge in [-0.3, -0.25) is 4.90 Å². The molecule has 0 amide bonds. The first-order valence-electron chi connectivity index (χ1n) is 13.5. The summed E-state index contributed by atoms with van der Waals surface area (Å²) in [4.78, 5) is 6.96. The number of likely N-dealkylation sites (tertiary alicyclic amines) is 1. The number of hydrogen-bond donors (Lipinski definition) is 3. The van der Waals surface area contributed by atoms with E-state index >= 15 is 0 Å². The monoisotopic (exact) mass is 493 g/mol. The normalized spacial score (nSPS) is 19.3. The number of rotatable bonds is 12. The van der Waals surface area contributed by atoms with Crippen molar-refractivity contribution in [1.29, 1.82) is 0 Å². The highest BCUT2D eigenvalue weighted by atomic mass is 16.5. The zero-order chi connectivity index (χ0) is 24.9. The first-order chi connectivity index (χ1) is 17.7. The topological polar surface area (TPSA) is 87.1 Å². The number of aliphatic hydroxyl groups is 2. The maximum atomic E-state index is 10.6. The zero-order valence-electron chi connectivity index (χ0n) is 21.3. The largest absolute Gasteiger partial charge is 0.512 e. The van der Waals surface area contributed by atoms with Crippen LogP contribution in [0.1, 0.15) is 72.9 Å². The van der Waals surface area contributed by atoms with Crippen LogP contribution in [0.25, 0.3) is 0 Å². The number of pyridine rings is 1. The molecule has 1 saturated heterocycles. The van der Waals surface area contributed by atoms with Gasteiger partial charge in [0.2, 0.25) is 0 Å². The molecule has 194 valence electrons. The van der Waals surface area contributed by atoms with Gasteiger partial charge in [0.15, 0.2) is 0 Å². The summed E-state index contributed by atoms with van der Waals surface area (Å²) >= 11 is 0. The number of aromatic nitrogens is 1. The fourth-order valence-electron chi connectivity index (χ4n) is 5.53. The lowest BCUT2D eigenvalue weighted by molar-refractivity contribution is -0.0733. The van der Waals surface area contributed by atoms with E-state index in [4.69, 9.17) is 14.5 Å². The Morgan fingerprint density at radius 3 is 2.83 bits per heavy atom. The van der Waals surface area contributed by atoms with Gasteiger partial charge < -0.3 is 25.0 Å². The average molecular weight is 494 g/mol. The minimum atomic E-state index is -0.376. The van der Waals surface area contributed by atoms with Crippen molar-refractivity contribution in [2.45, 2.75) is 69.4 Å². The maximum Gasteiger partial charge on any atom is 0.148 e. The molecule has 3 N–H and O–H groups in total. The summed E-state index contributed by atoms with van der Waals surface area (Å²) in [5.74, 6) is 2.37. The van der Waals surface area contributed by atoms with E-state index in [2.05, 4.69) is 22.3 Å². The number of fused-ring (bicyclic) bond motifs is 1. The van der Waals surface area contributed by atoms with E-state index in [0.717, 1.165) is 100 Å². The van der Waals surface area contributed by atoms with Gasteiger partial charge in [-0.1, -0.05) is 24.6 Å². The predicted octanol–water partition coefficient (Wildman–Crippen LogP) is 5.44. The molecule has 0 radical (unpaired) electrons. The molecule has 1 saturated carbocycles. The second-order valence-electron chi connectivity index (χ2n) is 10.3. The van der Waals surface area contributed by atoms with Crippen molar-refractivity contribution in [2.24, 2.45) is 0 Å². The second kappa shape index (κ2) is 11.5. The zero-order valence-corrected chi connectivity index (χ0v) is 21.3. The Balaban J connectivity index is 1.07. The molecule has 3 aliphatic rings. The van der Waals surface area contributed by atoms with Crippen molar-refractivity contribution in [1.82, 2.24) is 9.88 Å². The van der Waals surface area contributed by atoms with Gasteiger partial charge in [-0.15, -0.1) is 0 Å². The van der Waals surface area contributed by atoms with Crippen LogP contribution in [0.3, 0.4) is 0 Å². The Hall–Kier alpha value is -2.77. The molecule has 1 atom stereocenters. The predicted molar refractivity (Wildman–Crippen MR) is 141 cm³/mol. The summed E-state index contributed by atoms with van der Waals surface area (Å²) in [6, 6.07) is 10.0. The van der Waals surface area contributed by atoms with E-state index in [1.165, 1.54) is 17.7 Å². The molecule has 5 rings (SSSR count). The Labute approximate surface area is 214 Å². The molecule has 1 aromatic carbocycles. The number of unbranched alkanes of at least 4 members (excludes halogenated alkanes) is 2. The first-order valence-corrected chi connectivity index (χ1v) is 13.5. The number of aliphatic hydroxyl groups excluding tert-OH is 2. The van der Waals surface area contributed by atoms with Crippen LogP contribution in [0.5, 0.6) is 5.75 Å². The third-order valence-electron chi connectivity index (χ3n) is 7.64. The smallest absolute Gasteiger partial charge is 0.148 e. The number of ether oxygens (including phenoxy) is 2. The highest BCUT2D eigenvalue weighted by molar-refractivity contribution is 5.48. The number of methoxy groups -OCH3 is 1. The molecule has 0 spiro atoms. The Kier molecular flexibility index (Phi) is 7.97. The number of anilines is 1. The van der Waals surface area contributed by atoms with E-state index in [0.29, 0.717) is 5.92 Å². The number of aryl methyl sites for hydroxylation is 2. The van der Waals surface area contributed by atoms with E-state index in [9.17, 15) is 10.2 Å². The standard InChI is InChI=1S/C29H39N3O4/c1-35-26-10-5-9-24(27(26)20-11-12-20)28(25(34)19-33)32-17-23(18-32)36-16-4-2-3-8-22-14-13-21-7-6-15-30-29(21)31-22/h5,9-10,13-14,19-20,23,28,33-34H,2-4,6-8,11-12,15-18H2,1H3,(H,30,31). The van der Waals surface area contributed by atoms with E-state index in [1.807, 2.05) is 18.2 Å². The lowest BCUT2D eigenvalue weighted by Crippen LogP contribution is -2.54. The fraction of sp³-hybridized carbons (Fsp3) is 0.552. The average Bonchev–Trinajstić information content (AvgIpc) is 3.73. The molecule has 0 bridgehead atoms. The molecule has 2 aromatic rings. The number of nitrogens with one attached hydrogen (secondary N) is 1. The maximum absolute atomic E-state index is 10.6. The van der Waals surface area contributed by atoms with Crippen molar-refractivity contribution < 1.29 is 19.7 Å². The summed E-state index contributed by atoms with van der Waals surface area (Å²) in [5.41, 5.74) is 4.69. The van der Waals surface area contributed by atoms with Crippen LogP contribution < -0.4 is 10.1 Å². The van der Waals surface area contributed by atoms with Gasteiger partial charge in [-0.25, -0.2) is 4.98 Å². The molecule has 2 fully saturated rings. The number of hydrogen-bond acceptors (Lipinski definition) is 7. The van der Waals surface area contributed by atoms with Gasteiger partial charge in [0, 0.05) is 37.5 Å². The minimum absolute atomic E-state index is 0.0328. The summed E-state index contributed by atoms with van der Waals surface area (Å²) in [7, 11) is 1.69. The molecule has 7 heteroatoms. The van der Waals surface area contributed by atoms with Crippen LogP contribution in [-0.4, -0.2) is 59.6 Å². The van der Waals surface area contributed by atoms with Crippen molar-refractivity contribution >= 4 is 5.82 Å². The molecule has 7 nitrogen and oxygen atoms in total. The van der Waals surface area contributed by atoms with Gasteiger partial charge in [-0.05, 0) is 74.1 Å². The summed E-state index contributed by atoms with van der Waals surface area (Å²) in [6.07, 6.45) is 9.83. The third kappa shape index (κ3) is 5.62. The summed E-state index contributed by atoms with van der Waals surface area (Å²) in [5, 5.41) is 23.6. The van der Waals surface area contributed by atoms with Crippen LogP contribution in [0.2, 0.25) is 0 Å². The van der Waals surface area contributed by atoms with Crippen LogP contribution >= 0.6 is 0 Å². The SMILES string of the molecule is COc1cccc(C(C(O)=CO)N2CC(OCCCCCc3ccc4c(n3)NCCC4)C2)c1C1CC1. The third-order valence-corrected chi connectivity index (χ3v) is 7.64. The highest BCUT2D eigenvalue weighted by Gasteiger charge is 2.40. The molecule has 1 aromatic heterocycles. The molecular formula is C29H39N3O4. The van der Waals surface area contributed by atoms with Crippen molar-refractivity contribution in [3.63, 3.8) is 0 Å². The minimum Gasteiger partial charge on any atom is -0.512 e. The van der Waals surface area contributed by atoms with Gasteiger partial charge in [0.1, 0.15) is 23.6 Å². The number of benzene rings is 1. The quantitative estimate of drug-likeness (QED) is 0.268. The van der Waals surface area contributed by atoms with Crippen molar-refractivity contribution in [2.75, 3.05) is 38.7 Å². The van der Waals surface area contributed by atoms with Gasteiger partial charge in [0.25, 0.3) is 0 Å². The summed E-state index contributed by atoms with van der Waals surface area (Å²) < 4.78 is 11.7. The molecule has 1 aliphatic carbocycles. The molecule has 2 aliphatic heterocycles. The molecular weight excluding hydrogens is 454 g/mol.